The van der Waals surface area contributed by atoms with Gasteiger partial charge in [-0.25, -0.2) is 4.39 Å². The molecule has 1 fully saturated rings. The lowest BCUT2D eigenvalue weighted by molar-refractivity contribution is -0.137. The number of thioether (sulfide) groups is 1. The molecular formula is C39H40FN5O7S. The Hall–Kier alpha value is -5.05. The van der Waals surface area contributed by atoms with Crippen molar-refractivity contribution in [3.8, 4) is 11.3 Å². The Morgan fingerprint density at radius 3 is 2.55 bits per heavy atom. The Morgan fingerprint density at radius 1 is 0.962 bits per heavy atom. The van der Waals surface area contributed by atoms with E-state index in [2.05, 4.69) is 15.6 Å². The van der Waals surface area contributed by atoms with Crippen LogP contribution in [-0.2, 0) is 43.4 Å². The predicted octanol–water partition coefficient (Wildman–Crippen LogP) is 4.19. The van der Waals surface area contributed by atoms with Gasteiger partial charge in [-0.2, -0.15) is 0 Å². The number of rotatable bonds is 14. The smallest absolute Gasteiger partial charge is 0.255 e. The molecule has 0 saturated carbocycles. The molecule has 0 bridgehead atoms. The van der Waals surface area contributed by atoms with Crippen molar-refractivity contribution < 1.29 is 37.8 Å². The van der Waals surface area contributed by atoms with Crippen LogP contribution in [0.5, 0.6) is 0 Å². The summed E-state index contributed by atoms with van der Waals surface area (Å²) in [5.74, 6) is -1.04. The number of nitrogens with one attached hydrogen (secondary N) is 3. The largest absolute Gasteiger partial charge is 0.379 e. The van der Waals surface area contributed by atoms with Crippen LogP contribution < -0.4 is 10.6 Å². The van der Waals surface area contributed by atoms with Crippen molar-refractivity contribution in [2.24, 2.45) is 0 Å². The average Bonchev–Trinajstić information content (AvgIpc) is 3.62. The molecule has 1 saturated heterocycles. The fourth-order valence-corrected chi connectivity index (χ4v) is 8.10. The molecule has 53 heavy (non-hydrogen) atoms. The van der Waals surface area contributed by atoms with Gasteiger partial charge < -0.3 is 29.6 Å². The molecule has 1 aromatic heterocycles. The Bertz CT molecular complexity index is 2080. The molecule has 12 nitrogen and oxygen atoms in total. The van der Waals surface area contributed by atoms with Crippen molar-refractivity contribution in [3.63, 3.8) is 0 Å². The quantitative estimate of drug-likeness (QED) is 0.0990. The summed E-state index contributed by atoms with van der Waals surface area (Å²) in [6.45, 7) is 2.71. The number of nitrogens with zero attached hydrogens (tertiary/aromatic N) is 2. The van der Waals surface area contributed by atoms with Gasteiger partial charge in [-0.1, -0.05) is 30.3 Å². The van der Waals surface area contributed by atoms with Crippen LogP contribution >= 0.6 is 11.8 Å². The molecule has 7 rings (SSSR count). The normalized spacial score (nSPS) is 16.8. The van der Waals surface area contributed by atoms with Gasteiger partial charge in [0, 0.05) is 65.9 Å². The van der Waals surface area contributed by atoms with E-state index in [1.165, 1.54) is 12.1 Å². The average molecular weight is 742 g/mol. The first-order chi connectivity index (χ1) is 25.7. The highest BCUT2D eigenvalue weighted by Crippen LogP contribution is 2.36. The van der Waals surface area contributed by atoms with Gasteiger partial charge in [-0.3, -0.25) is 29.3 Å². The molecule has 0 aliphatic carbocycles. The molecule has 276 valence electrons. The van der Waals surface area contributed by atoms with Crippen LogP contribution in [0.25, 0.3) is 22.2 Å². The van der Waals surface area contributed by atoms with E-state index in [0.717, 1.165) is 38.2 Å². The maximum absolute atomic E-state index is 14.3. The maximum atomic E-state index is 14.3. The number of hydrogen-bond acceptors (Lipinski definition) is 8. The standard InChI is InChI=1S/C39H40FN5O7S/c1-44(21-23-5-7-24(8-6-23)36-27-11-13-41-37(48)28-19-25(40)20-30(42-36)35(27)28)34(47)12-14-51-15-16-52-17-18-53-32-4-2-3-26-29(32)22-45(39(26)50)31-9-10-33(46)43-38(31)49/h2-8,19-20,31,42H,9-18,21-22H2,1H3,(H,41,48)(H,43,46,49). The number of halogens is 1. The molecule has 1 unspecified atom stereocenters. The number of fused-ring (bicyclic) bond motifs is 1. The first-order valence-electron chi connectivity index (χ1n) is 17.7. The zero-order chi connectivity index (χ0) is 37.1. The summed E-state index contributed by atoms with van der Waals surface area (Å²) in [6.07, 6.45) is 1.41. The Kier molecular flexibility index (Phi) is 10.9. The van der Waals surface area contributed by atoms with Gasteiger partial charge in [-0.15, -0.1) is 11.8 Å². The number of imide groups is 1. The second-order valence-electron chi connectivity index (χ2n) is 13.3. The van der Waals surface area contributed by atoms with Gasteiger partial charge in [-0.05, 0) is 59.4 Å². The van der Waals surface area contributed by atoms with Crippen molar-refractivity contribution in [2.45, 2.75) is 49.7 Å². The molecule has 14 heteroatoms. The maximum Gasteiger partial charge on any atom is 0.255 e. The summed E-state index contributed by atoms with van der Waals surface area (Å²) < 4.78 is 25.6. The van der Waals surface area contributed by atoms with Crippen LogP contribution in [-0.4, -0.2) is 96.1 Å². The van der Waals surface area contributed by atoms with Gasteiger partial charge in [0.05, 0.1) is 38.4 Å². The van der Waals surface area contributed by atoms with Crippen molar-refractivity contribution >= 4 is 52.2 Å². The van der Waals surface area contributed by atoms with Crippen LogP contribution in [0.15, 0.2) is 59.5 Å². The second kappa shape index (κ2) is 15.9. The minimum Gasteiger partial charge on any atom is -0.379 e. The van der Waals surface area contributed by atoms with E-state index < -0.39 is 17.8 Å². The number of H-pyrrole nitrogens is 1. The van der Waals surface area contributed by atoms with Crippen molar-refractivity contribution in [1.82, 2.24) is 25.4 Å². The molecule has 0 radical (unpaired) electrons. The number of piperidine rings is 1. The van der Waals surface area contributed by atoms with Crippen LogP contribution in [0.3, 0.4) is 0 Å². The number of aromatic amines is 1. The molecule has 0 spiro atoms. The Morgan fingerprint density at radius 2 is 1.75 bits per heavy atom. The third kappa shape index (κ3) is 7.85. The predicted molar refractivity (Wildman–Crippen MR) is 196 cm³/mol. The minimum atomic E-state index is -0.644. The summed E-state index contributed by atoms with van der Waals surface area (Å²) >= 11 is 1.58. The fourth-order valence-electron chi connectivity index (χ4n) is 7.15. The lowest BCUT2D eigenvalue weighted by Crippen LogP contribution is -2.52. The lowest BCUT2D eigenvalue weighted by Gasteiger charge is -2.29. The van der Waals surface area contributed by atoms with E-state index >= 15 is 0 Å². The summed E-state index contributed by atoms with van der Waals surface area (Å²) in [7, 11) is 1.76. The van der Waals surface area contributed by atoms with Gasteiger partial charge in [0.15, 0.2) is 0 Å². The molecule has 3 aromatic carbocycles. The third-order valence-electron chi connectivity index (χ3n) is 9.82. The topological polar surface area (TPSA) is 150 Å². The summed E-state index contributed by atoms with van der Waals surface area (Å²) in [6, 6.07) is 15.5. The van der Waals surface area contributed by atoms with Gasteiger partial charge >= 0.3 is 0 Å². The lowest BCUT2D eigenvalue weighted by atomic mass is 9.99. The molecule has 4 aromatic rings. The molecule has 1 atom stereocenters. The number of ether oxygens (including phenoxy) is 2. The highest BCUT2D eigenvalue weighted by atomic mass is 32.2. The van der Waals surface area contributed by atoms with E-state index in [9.17, 15) is 28.4 Å². The van der Waals surface area contributed by atoms with Gasteiger partial charge in [0.1, 0.15) is 11.9 Å². The molecular weight excluding hydrogens is 702 g/mol. The first-order valence-corrected chi connectivity index (χ1v) is 18.7. The van der Waals surface area contributed by atoms with Crippen LogP contribution in [0.1, 0.15) is 56.7 Å². The van der Waals surface area contributed by atoms with E-state index in [4.69, 9.17) is 9.47 Å². The number of hydrogen-bond donors (Lipinski definition) is 3. The summed E-state index contributed by atoms with van der Waals surface area (Å²) in [5.41, 5.74) is 6.13. The number of amides is 5. The molecule has 3 aliphatic heterocycles. The first kappa shape index (κ1) is 36.3. The van der Waals surface area contributed by atoms with Gasteiger partial charge in [0.2, 0.25) is 17.7 Å². The Labute approximate surface area is 309 Å². The SMILES string of the molecule is CN(Cc1ccc(-c2[nH]c3cc(F)cc4c3c2CCNC4=O)cc1)C(=O)CCOCCOCCSc1cccc2c1CN(C1CCC(=O)NC1=O)C2=O. The van der Waals surface area contributed by atoms with Crippen LogP contribution in [0.2, 0.25) is 0 Å². The number of carbonyl (C=O) groups is 5. The van der Waals surface area contributed by atoms with Crippen molar-refractivity contribution in [2.75, 3.05) is 45.8 Å². The zero-order valence-corrected chi connectivity index (χ0v) is 30.1. The second-order valence-corrected chi connectivity index (χ2v) is 14.4. The number of benzene rings is 3. The number of carbonyl (C=O) groups excluding carboxylic acids is 5. The molecule has 4 heterocycles. The van der Waals surface area contributed by atoms with Crippen LogP contribution in [0, 0.1) is 5.82 Å². The minimum absolute atomic E-state index is 0.0422. The molecule has 3 aliphatic rings. The monoisotopic (exact) mass is 741 g/mol. The van der Waals surface area contributed by atoms with Crippen molar-refractivity contribution in [3.05, 3.63) is 88.2 Å². The van der Waals surface area contributed by atoms with Crippen LogP contribution in [0.4, 0.5) is 4.39 Å². The van der Waals surface area contributed by atoms with E-state index in [-0.39, 0.29) is 43.1 Å². The van der Waals surface area contributed by atoms with Gasteiger partial charge in [0.25, 0.3) is 11.8 Å². The zero-order valence-electron chi connectivity index (χ0n) is 29.3. The summed E-state index contributed by atoms with van der Waals surface area (Å²) in [5, 5.41) is 5.93. The van der Waals surface area contributed by atoms with Crippen molar-refractivity contribution in [1.29, 1.82) is 0 Å². The van der Waals surface area contributed by atoms with E-state index in [0.29, 0.717) is 74.7 Å². The number of aromatic nitrogens is 1. The van der Waals surface area contributed by atoms with E-state index in [1.54, 1.807) is 34.7 Å². The van der Waals surface area contributed by atoms with E-state index in [1.807, 2.05) is 36.4 Å². The fraction of sp³-hybridized carbons (Fsp3) is 0.359. The highest BCUT2D eigenvalue weighted by Gasteiger charge is 2.39. The highest BCUT2D eigenvalue weighted by molar-refractivity contribution is 7.99. The molecule has 3 N–H and O–H groups in total. The molecule has 5 amide bonds. The summed E-state index contributed by atoms with van der Waals surface area (Å²) in [4.78, 5) is 69.7. The Balaban J connectivity index is 0.805. The third-order valence-corrected chi connectivity index (χ3v) is 10.9.